The first kappa shape index (κ1) is 14.1. The molecule has 1 aromatic rings. The highest BCUT2D eigenvalue weighted by molar-refractivity contribution is 5.43. The molecule has 1 fully saturated rings. The smallest absolute Gasteiger partial charge is 0.126 e. The molecule has 0 radical (unpaired) electrons. The fourth-order valence-corrected chi connectivity index (χ4v) is 3.12. The summed E-state index contributed by atoms with van der Waals surface area (Å²) in [6, 6.07) is 3.84. The molecule has 1 saturated carbocycles. The zero-order valence-corrected chi connectivity index (χ0v) is 12.3. The van der Waals surface area contributed by atoms with E-state index in [9.17, 15) is 0 Å². The summed E-state index contributed by atoms with van der Waals surface area (Å²) in [5.74, 6) is 1.71. The summed E-state index contributed by atoms with van der Waals surface area (Å²) in [6.45, 7) is 3.31. The molecule has 2 unspecified atom stereocenters. The van der Waals surface area contributed by atoms with Gasteiger partial charge in [-0.1, -0.05) is 19.8 Å². The van der Waals surface area contributed by atoms with Crippen LogP contribution in [-0.2, 0) is 0 Å². The van der Waals surface area contributed by atoms with Crippen molar-refractivity contribution >= 4 is 11.5 Å². The average molecular weight is 262 g/mol. The molecule has 0 bridgehead atoms. The van der Waals surface area contributed by atoms with E-state index in [0.717, 1.165) is 18.3 Å². The Morgan fingerprint density at radius 1 is 1.47 bits per heavy atom. The molecular formula is C15H26N4. The number of nitrogens with one attached hydrogen (secondary N) is 1. The first-order valence-corrected chi connectivity index (χ1v) is 7.15. The zero-order valence-electron chi connectivity index (χ0n) is 12.3. The second-order valence-corrected chi connectivity index (χ2v) is 6.15. The quantitative estimate of drug-likeness (QED) is 0.875. The maximum atomic E-state index is 5.66. The molecule has 1 aliphatic rings. The minimum absolute atomic E-state index is 0.251. The van der Waals surface area contributed by atoms with Crippen molar-refractivity contribution in [3.63, 3.8) is 0 Å². The van der Waals surface area contributed by atoms with Gasteiger partial charge in [-0.15, -0.1) is 0 Å². The average Bonchev–Trinajstić information content (AvgIpc) is 2.38. The summed E-state index contributed by atoms with van der Waals surface area (Å²) in [7, 11) is 4.38. The Morgan fingerprint density at radius 2 is 2.26 bits per heavy atom. The van der Waals surface area contributed by atoms with E-state index in [1.807, 2.05) is 12.1 Å². The first-order valence-electron chi connectivity index (χ1n) is 7.15. The van der Waals surface area contributed by atoms with Crippen LogP contribution in [0.3, 0.4) is 0 Å². The van der Waals surface area contributed by atoms with E-state index in [0.29, 0.717) is 5.69 Å². The topological polar surface area (TPSA) is 54.2 Å². The number of nitrogens with zero attached hydrogens (tertiary/aromatic N) is 2. The number of likely N-dealkylation sites (N-methyl/N-ethyl adjacent to an activating group) is 1. The van der Waals surface area contributed by atoms with Gasteiger partial charge in [0.1, 0.15) is 5.82 Å². The molecule has 4 heteroatoms. The van der Waals surface area contributed by atoms with Gasteiger partial charge in [-0.3, -0.25) is 0 Å². The summed E-state index contributed by atoms with van der Waals surface area (Å²) in [6.07, 6.45) is 6.88. The third kappa shape index (κ3) is 3.38. The van der Waals surface area contributed by atoms with Crippen LogP contribution >= 0.6 is 0 Å². The Labute approximate surface area is 116 Å². The van der Waals surface area contributed by atoms with Gasteiger partial charge in [0, 0.05) is 12.1 Å². The molecule has 106 valence electrons. The lowest BCUT2D eigenvalue weighted by molar-refractivity contribution is 0.0882. The molecule has 3 N–H and O–H groups in total. The Morgan fingerprint density at radius 3 is 2.84 bits per heavy atom. The van der Waals surface area contributed by atoms with Crippen LogP contribution in [0.1, 0.15) is 32.6 Å². The highest BCUT2D eigenvalue weighted by atomic mass is 15.2. The van der Waals surface area contributed by atoms with Crippen molar-refractivity contribution in [1.82, 2.24) is 9.88 Å². The molecule has 0 saturated heterocycles. The van der Waals surface area contributed by atoms with Crippen LogP contribution in [0, 0.1) is 5.92 Å². The number of rotatable bonds is 4. The molecule has 0 spiro atoms. The number of hydrogen-bond donors (Lipinski definition) is 2. The van der Waals surface area contributed by atoms with Gasteiger partial charge in [-0.05, 0) is 45.0 Å². The molecule has 1 heterocycles. The van der Waals surface area contributed by atoms with Crippen molar-refractivity contribution in [1.29, 1.82) is 0 Å². The first-order chi connectivity index (χ1) is 9.02. The molecule has 1 aromatic heterocycles. The van der Waals surface area contributed by atoms with Gasteiger partial charge in [-0.25, -0.2) is 4.98 Å². The molecule has 4 nitrogen and oxygen atoms in total. The fourth-order valence-electron chi connectivity index (χ4n) is 3.12. The van der Waals surface area contributed by atoms with Crippen molar-refractivity contribution < 1.29 is 0 Å². The Hall–Kier alpha value is -1.29. The zero-order chi connectivity index (χ0) is 13.9. The van der Waals surface area contributed by atoms with Crippen LogP contribution in [0.15, 0.2) is 18.3 Å². The lowest BCUT2D eigenvalue weighted by Crippen LogP contribution is -2.52. The number of pyridine rings is 1. The highest BCUT2D eigenvalue weighted by Crippen LogP contribution is 2.35. The number of nitrogen functional groups attached to an aromatic ring is 1. The van der Waals surface area contributed by atoms with Crippen LogP contribution in [0.5, 0.6) is 0 Å². The molecule has 19 heavy (non-hydrogen) atoms. The predicted molar refractivity (Wildman–Crippen MR) is 81.2 cm³/mol. The summed E-state index contributed by atoms with van der Waals surface area (Å²) in [5, 5.41) is 3.48. The van der Waals surface area contributed by atoms with Gasteiger partial charge >= 0.3 is 0 Å². The van der Waals surface area contributed by atoms with E-state index in [4.69, 9.17) is 5.73 Å². The van der Waals surface area contributed by atoms with Crippen molar-refractivity contribution in [3.8, 4) is 0 Å². The molecule has 0 aromatic carbocycles. The second-order valence-electron chi connectivity index (χ2n) is 6.15. The minimum atomic E-state index is 0.251. The van der Waals surface area contributed by atoms with Crippen molar-refractivity contribution in [2.75, 3.05) is 31.7 Å². The second kappa shape index (κ2) is 5.78. The molecule has 2 rings (SSSR count). The Kier molecular flexibility index (Phi) is 4.30. The van der Waals surface area contributed by atoms with E-state index in [2.05, 4.69) is 36.2 Å². The summed E-state index contributed by atoms with van der Waals surface area (Å²) < 4.78 is 0. The largest absolute Gasteiger partial charge is 0.397 e. The minimum Gasteiger partial charge on any atom is -0.397 e. The van der Waals surface area contributed by atoms with Crippen LogP contribution < -0.4 is 11.1 Å². The third-order valence-corrected chi connectivity index (χ3v) is 4.40. The van der Waals surface area contributed by atoms with Crippen LogP contribution in [0.2, 0.25) is 0 Å². The molecule has 2 atom stereocenters. The molecule has 0 amide bonds. The summed E-state index contributed by atoms with van der Waals surface area (Å²) >= 11 is 0. The number of anilines is 2. The van der Waals surface area contributed by atoms with Crippen LogP contribution in [-0.4, -0.2) is 36.1 Å². The number of nitrogens with two attached hydrogens (primary N) is 1. The van der Waals surface area contributed by atoms with Gasteiger partial charge in [0.05, 0.1) is 11.9 Å². The van der Waals surface area contributed by atoms with E-state index in [1.54, 1.807) is 6.20 Å². The normalized spacial score (nSPS) is 27.5. The lowest BCUT2D eigenvalue weighted by atomic mass is 9.75. The Balaban J connectivity index is 2.03. The van der Waals surface area contributed by atoms with E-state index in [-0.39, 0.29) is 5.54 Å². The summed E-state index contributed by atoms with van der Waals surface area (Å²) in [4.78, 5) is 6.70. The number of hydrogen-bond acceptors (Lipinski definition) is 4. The lowest BCUT2D eigenvalue weighted by Gasteiger charge is -2.45. The standard InChI is InChI=1S/C15H26N4/c1-12-5-4-8-15(9-12,19(2)3)11-18-14-7-6-13(16)10-17-14/h6-7,10,12H,4-5,8-9,11,16H2,1-3H3,(H,17,18). The van der Waals surface area contributed by atoms with Crippen LogP contribution in [0.4, 0.5) is 11.5 Å². The van der Waals surface area contributed by atoms with E-state index >= 15 is 0 Å². The SMILES string of the molecule is CC1CCCC(CNc2ccc(N)cn2)(N(C)C)C1. The van der Waals surface area contributed by atoms with Gasteiger partial charge in [0.15, 0.2) is 0 Å². The number of aromatic nitrogens is 1. The van der Waals surface area contributed by atoms with Gasteiger partial charge < -0.3 is 16.0 Å². The predicted octanol–water partition coefficient (Wildman–Crippen LogP) is 2.59. The maximum Gasteiger partial charge on any atom is 0.126 e. The van der Waals surface area contributed by atoms with E-state index in [1.165, 1.54) is 25.7 Å². The molecular weight excluding hydrogens is 236 g/mol. The van der Waals surface area contributed by atoms with Crippen molar-refractivity contribution in [3.05, 3.63) is 18.3 Å². The molecule has 1 aliphatic carbocycles. The summed E-state index contributed by atoms with van der Waals surface area (Å²) in [5.41, 5.74) is 6.62. The van der Waals surface area contributed by atoms with Gasteiger partial charge in [0.2, 0.25) is 0 Å². The highest BCUT2D eigenvalue weighted by Gasteiger charge is 2.36. The Bertz CT molecular complexity index is 401. The van der Waals surface area contributed by atoms with E-state index < -0.39 is 0 Å². The molecule has 0 aliphatic heterocycles. The van der Waals surface area contributed by atoms with Crippen molar-refractivity contribution in [2.24, 2.45) is 5.92 Å². The third-order valence-electron chi connectivity index (χ3n) is 4.40. The fraction of sp³-hybridized carbons (Fsp3) is 0.667. The van der Waals surface area contributed by atoms with Crippen LogP contribution in [0.25, 0.3) is 0 Å². The maximum absolute atomic E-state index is 5.66. The van der Waals surface area contributed by atoms with Gasteiger partial charge in [0.25, 0.3) is 0 Å². The van der Waals surface area contributed by atoms with Gasteiger partial charge in [-0.2, -0.15) is 0 Å². The monoisotopic (exact) mass is 262 g/mol. The van der Waals surface area contributed by atoms with Crippen molar-refractivity contribution in [2.45, 2.75) is 38.1 Å².